The van der Waals surface area contributed by atoms with Crippen LogP contribution in [0.25, 0.3) is 11.0 Å². The molecule has 0 aliphatic rings. The van der Waals surface area contributed by atoms with Crippen molar-refractivity contribution >= 4 is 26.8 Å². The predicted molar refractivity (Wildman–Crippen MR) is 101 cm³/mol. The molecule has 0 bridgehead atoms. The zero-order valence-corrected chi connectivity index (χ0v) is 16.2. The van der Waals surface area contributed by atoms with E-state index in [-0.39, 0.29) is 23.8 Å². The number of fused-ring (bicyclic) bond motifs is 1. The van der Waals surface area contributed by atoms with Crippen LogP contribution in [0.4, 0.5) is 5.82 Å². The third kappa shape index (κ3) is 3.66. The van der Waals surface area contributed by atoms with Crippen molar-refractivity contribution in [1.29, 1.82) is 0 Å². The summed E-state index contributed by atoms with van der Waals surface area (Å²) in [5.74, 6) is 0.211. The Morgan fingerprint density at radius 1 is 1.21 bits per heavy atom. The molecule has 0 atom stereocenters. The fourth-order valence-corrected chi connectivity index (χ4v) is 4.26. The minimum atomic E-state index is -3.88. The molecule has 0 saturated heterocycles. The van der Waals surface area contributed by atoms with Crippen molar-refractivity contribution in [2.45, 2.75) is 32.2 Å². The van der Waals surface area contributed by atoms with Gasteiger partial charge in [-0.25, -0.2) is 27.5 Å². The summed E-state index contributed by atoms with van der Waals surface area (Å²) in [6.07, 6.45) is 1.13. The fraction of sp³-hybridized carbons (Fsp3) is 0.294. The number of aromatic nitrogens is 2. The van der Waals surface area contributed by atoms with Gasteiger partial charge in [-0.15, -0.1) is 0 Å². The van der Waals surface area contributed by atoms with Crippen molar-refractivity contribution in [3.8, 4) is 0 Å². The van der Waals surface area contributed by atoms with Crippen LogP contribution in [0, 0.1) is 30.9 Å². The van der Waals surface area contributed by atoms with E-state index in [1.807, 2.05) is 0 Å². The van der Waals surface area contributed by atoms with Gasteiger partial charge in [0.2, 0.25) is 10.0 Å². The van der Waals surface area contributed by atoms with Gasteiger partial charge in [0.15, 0.2) is 5.82 Å². The first kappa shape index (κ1) is 19.7. The lowest BCUT2D eigenvalue weighted by Gasteiger charge is -2.11. The summed E-state index contributed by atoms with van der Waals surface area (Å²) in [6.45, 7) is 4.90. The van der Waals surface area contributed by atoms with E-state index in [1.54, 1.807) is 20.8 Å². The number of sulfonamides is 1. The third-order valence-electron chi connectivity index (χ3n) is 4.38. The average molecular weight is 406 g/mol. The topological polar surface area (TPSA) is 137 Å². The highest BCUT2D eigenvalue weighted by molar-refractivity contribution is 7.89. The SMILES string of the molecule is Cc1cc2oc(=O)cc(C)c2cc1S(=O)(=O)NCCn1c([N+](=O)[O-])cnc1C. The highest BCUT2D eigenvalue weighted by Gasteiger charge is 2.21. The van der Waals surface area contributed by atoms with E-state index in [0.717, 1.165) is 6.20 Å². The van der Waals surface area contributed by atoms with Crippen LogP contribution in [-0.4, -0.2) is 29.4 Å². The molecule has 28 heavy (non-hydrogen) atoms. The van der Waals surface area contributed by atoms with Crippen LogP contribution in [0.2, 0.25) is 0 Å². The van der Waals surface area contributed by atoms with Crippen LogP contribution in [0.1, 0.15) is 17.0 Å². The van der Waals surface area contributed by atoms with Crippen LogP contribution in [0.3, 0.4) is 0 Å². The summed E-state index contributed by atoms with van der Waals surface area (Å²) in [5.41, 5.74) is 0.826. The Morgan fingerprint density at radius 3 is 2.61 bits per heavy atom. The molecule has 0 aliphatic heterocycles. The van der Waals surface area contributed by atoms with Crippen molar-refractivity contribution in [1.82, 2.24) is 14.3 Å². The molecular weight excluding hydrogens is 388 g/mol. The van der Waals surface area contributed by atoms with E-state index < -0.39 is 20.6 Å². The summed E-state index contributed by atoms with van der Waals surface area (Å²) in [4.78, 5) is 25.9. The van der Waals surface area contributed by atoms with E-state index in [2.05, 4.69) is 9.71 Å². The number of rotatable bonds is 6. The van der Waals surface area contributed by atoms with Crippen molar-refractivity contribution in [2.75, 3.05) is 6.54 Å². The van der Waals surface area contributed by atoms with Gasteiger partial charge in [-0.3, -0.25) is 0 Å². The molecule has 0 aliphatic carbocycles. The van der Waals surface area contributed by atoms with Gasteiger partial charge in [0.05, 0.1) is 4.90 Å². The molecule has 148 valence electrons. The van der Waals surface area contributed by atoms with Gasteiger partial charge in [-0.1, -0.05) is 0 Å². The maximum Gasteiger partial charge on any atom is 0.342 e. The second-order valence-corrected chi connectivity index (χ2v) is 8.07. The first-order chi connectivity index (χ1) is 13.1. The lowest BCUT2D eigenvalue weighted by molar-refractivity contribution is -0.392. The maximum atomic E-state index is 12.7. The molecule has 2 aromatic heterocycles. The lowest BCUT2D eigenvalue weighted by atomic mass is 10.1. The van der Waals surface area contributed by atoms with Crippen LogP contribution >= 0.6 is 0 Å². The van der Waals surface area contributed by atoms with Gasteiger partial charge in [-0.2, -0.15) is 0 Å². The largest absolute Gasteiger partial charge is 0.423 e. The monoisotopic (exact) mass is 406 g/mol. The van der Waals surface area contributed by atoms with E-state index in [4.69, 9.17) is 4.42 Å². The molecule has 3 rings (SSSR count). The van der Waals surface area contributed by atoms with Crippen molar-refractivity contribution in [3.63, 3.8) is 0 Å². The Morgan fingerprint density at radius 2 is 1.93 bits per heavy atom. The second-order valence-electron chi connectivity index (χ2n) is 6.33. The van der Waals surface area contributed by atoms with Crippen LogP contribution in [0.15, 0.2) is 38.5 Å². The number of nitrogens with zero attached hydrogens (tertiary/aromatic N) is 3. The van der Waals surface area contributed by atoms with Gasteiger partial charge < -0.3 is 14.5 Å². The summed E-state index contributed by atoms with van der Waals surface area (Å²) in [5, 5.41) is 11.5. The molecule has 0 radical (unpaired) electrons. The number of aryl methyl sites for hydroxylation is 3. The molecule has 0 spiro atoms. The zero-order chi connectivity index (χ0) is 20.6. The maximum absolute atomic E-state index is 12.7. The van der Waals surface area contributed by atoms with E-state index in [0.29, 0.717) is 27.9 Å². The smallest absolute Gasteiger partial charge is 0.342 e. The van der Waals surface area contributed by atoms with Gasteiger partial charge in [0.1, 0.15) is 18.3 Å². The minimum absolute atomic E-state index is 0.0498. The quantitative estimate of drug-likeness (QED) is 0.374. The molecule has 10 nitrogen and oxygen atoms in total. The lowest BCUT2D eigenvalue weighted by Crippen LogP contribution is -2.28. The molecule has 1 N–H and O–H groups in total. The van der Waals surface area contributed by atoms with E-state index in [1.165, 1.54) is 22.8 Å². The van der Waals surface area contributed by atoms with Gasteiger partial charge >= 0.3 is 11.4 Å². The Kier molecular flexibility index (Phi) is 5.04. The van der Waals surface area contributed by atoms with Crippen LogP contribution < -0.4 is 10.3 Å². The standard InChI is InChI=1S/C17H18N4O6S/c1-10-7-17(22)27-14-6-11(2)15(8-13(10)14)28(25,26)19-4-5-20-12(3)18-9-16(20)21(23)24/h6-9,19H,4-5H2,1-3H3. The molecule has 11 heteroatoms. The Hall–Kier alpha value is -3.05. The summed E-state index contributed by atoms with van der Waals surface area (Å²) in [6, 6.07) is 4.25. The van der Waals surface area contributed by atoms with Crippen LogP contribution in [0.5, 0.6) is 0 Å². The molecule has 2 heterocycles. The first-order valence-electron chi connectivity index (χ1n) is 8.31. The number of imidazole rings is 1. The first-order valence-corrected chi connectivity index (χ1v) is 9.80. The molecule has 3 aromatic rings. The normalized spacial score (nSPS) is 11.8. The second kappa shape index (κ2) is 7.17. The molecule has 0 amide bonds. The summed E-state index contributed by atoms with van der Waals surface area (Å²) >= 11 is 0. The van der Waals surface area contributed by atoms with Crippen molar-refractivity contribution in [2.24, 2.45) is 0 Å². The highest BCUT2D eigenvalue weighted by Crippen LogP contribution is 2.24. The average Bonchev–Trinajstić information content (AvgIpc) is 2.95. The number of nitro groups is 1. The Bertz CT molecular complexity index is 1240. The number of hydrogen-bond donors (Lipinski definition) is 1. The Labute approximate surface area is 160 Å². The van der Waals surface area contributed by atoms with Gasteiger partial charge in [0, 0.05) is 24.9 Å². The highest BCUT2D eigenvalue weighted by atomic mass is 32.2. The number of hydrogen-bond acceptors (Lipinski definition) is 7. The molecule has 0 fully saturated rings. The van der Waals surface area contributed by atoms with Gasteiger partial charge in [0.25, 0.3) is 0 Å². The Balaban J connectivity index is 1.88. The van der Waals surface area contributed by atoms with E-state index >= 15 is 0 Å². The number of nitrogens with one attached hydrogen (secondary N) is 1. The van der Waals surface area contributed by atoms with E-state index in [9.17, 15) is 23.3 Å². The third-order valence-corrected chi connectivity index (χ3v) is 5.99. The molecule has 0 saturated carbocycles. The van der Waals surface area contributed by atoms with Crippen LogP contribution in [-0.2, 0) is 16.6 Å². The number of benzene rings is 1. The fourth-order valence-electron chi connectivity index (χ4n) is 2.98. The summed E-state index contributed by atoms with van der Waals surface area (Å²) < 4.78 is 34.4. The van der Waals surface area contributed by atoms with Crippen molar-refractivity contribution in [3.05, 3.63) is 61.9 Å². The molecule has 0 unspecified atom stereocenters. The van der Waals surface area contributed by atoms with Crippen molar-refractivity contribution < 1.29 is 17.8 Å². The van der Waals surface area contributed by atoms with Gasteiger partial charge in [-0.05, 0) is 42.0 Å². The summed E-state index contributed by atoms with van der Waals surface area (Å²) in [7, 11) is -3.88. The predicted octanol–water partition coefficient (Wildman–Crippen LogP) is 1.80. The minimum Gasteiger partial charge on any atom is -0.423 e. The molecular formula is C17H18N4O6S. The zero-order valence-electron chi connectivity index (χ0n) is 15.4. The molecule has 1 aromatic carbocycles.